The zero-order chi connectivity index (χ0) is 19.6. The predicted octanol–water partition coefficient (Wildman–Crippen LogP) is 2.59. The number of carbonyl (C=O) groups is 2. The van der Waals surface area contributed by atoms with Crippen molar-refractivity contribution < 1.29 is 23.8 Å². The van der Waals surface area contributed by atoms with Crippen LogP contribution in [0, 0.1) is 0 Å². The van der Waals surface area contributed by atoms with Crippen LogP contribution in [-0.2, 0) is 27.4 Å². The molecule has 2 aromatic carbocycles. The Morgan fingerprint density at radius 3 is 2.18 bits per heavy atom. The van der Waals surface area contributed by atoms with Crippen LogP contribution in [0.5, 0.6) is 0 Å². The number of amides is 1. The Morgan fingerprint density at radius 1 is 0.929 bits per heavy atom. The van der Waals surface area contributed by atoms with Crippen LogP contribution in [0.3, 0.4) is 0 Å². The molecule has 3 rings (SSSR count). The van der Waals surface area contributed by atoms with Gasteiger partial charge in [-0.25, -0.2) is 9.59 Å². The quantitative estimate of drug-likeness (QED) is 0.744. The van der Waals surface area contributed by atoms with Gasteiger partial charge in [0.25, 0.3) is 0 Å². The number of nitrogens with zero attached hydrogens (tertiary/aromatic N) is 1. The molecule has 2 aromatic rings. The van der Waals surface area contributed by atoms with E-state index in [1.807, 2.05) is 60.7 Å². The molecule has 1 aliphatic heterocycles. The molecule has 1 aliphatic rings. The summed E-state index contributed by atoms with van der Waals surface area (Å²) in [6.45, 7) is 0.746. The average Bonchev–Trinajstić information content (AvgIpc) is 3.18. The lowest BCUT2D eigenvalue weighted by Crippen LogP contribution is -2.43. The van der Waals surface area contributed by atoms with Gasteiger partial charge in [-0.15, -0.1) is 0 Å². The minimum atomic E-state index is -0.755. The van der Waals surface area contributed by atoms with Crippen molar-refractivity contribution in [2.24, 2.45) is 4.99 Å². The Bertz CT molecular complexity index is 811. The fourth-order valence-corrected chi connectivity index (χ4v) is 2.44. The molecule has 0 spiro atoms. The monoisotopic (exact) mass is 383 g/mol. The Hall–Kier alpha value is -3.55. The van der Waals surface area contributed by atoms with Gasteiger partial charge in [-0.05, 0) is 11.1 Å². The van der Waals surface area contributed by atoms with Gasteiger partial charge in [-0.2, -0.15) is 0 Å². The summed E-state index contributed by atoms with van der Waals surface area (Å²) in [6.07, 6.45) is -1.37. The molecule has 0 bridgehead atoms. The first-order valence-electron chi connectivity index (χ1n) is 8.81. The van der Waals surface area contributed by atoms with Crippen LogP contribution in [-0.4, -0.2) is 37.4 Å². The van der Waals surface area contributed by atoms with Gasteiger partial charge in [0, 0.05) is 0 Å². The summed E-state index contributed by atoms with van der Waals surface area (Å²) in [5, 5.41) is 5.47. The zero-order valence-corrected chi connectivity index (χ0v) is 15.2. The van der Waals surface area contributed by atoms with Gasteiger partial charge in [0.1, 0.15) is 19.8 Å². The number of nitrogens with one attached hydrogen (secondary N) is 2. The lowest BCUT2D eigenvalue weighted by atomic mass is 10.2. The molecule has 2 N–H and O–H groups in total. The highest BCUT2D eigenvalue weighted by atomic mass is 16.7. The highest BCUT2D eigenvalue weighted by molar-refractivity contribution is 5.94. The smallest absolute Gasteiger partial charge is 0.444 e. The van der Waals surface area contributed by atoms with Gasteiger partial charge in [-0.1, -0.05) is 60.7 Å². The standard InChI is InChI=1S/C20H21N3O5/c24-19(26-12-15-7-3-1-4-8-15)23-18-21-11-17(22-18)14-28-20(25)27-13-16-9-5-2-6-10-16/h1-10,17H,11-14H2,(H2,21,22,23,24). The lowest BCUT2D eigenvalue weighted by molar-refractivity contribution is 0.0458. The maximum atomic E-state index is 11.8. The summed E-state index contributed by atoms with van der Waals surface area (Å²) < 4.78 is 15.2. The molecule has 146 valence electrons. The lowest BCUT2D eigenvalue weighted by Gasteiger charge is -2.13. The van der Waals surface area contributed by atoms with E-state index in [9.17, 15) is 9.59 Å². The number of rotatable bonds is 6. The summed E-state index contributed by atoms with van der Waals surface area (Å²) in [6, 6.07) is 18.4. The molecule has 1 amide bonds. The highest BCUT2D eigenvalue weighted by Crippen LogP contribution is 2.04. The zero-order valence-electron chi connectivity index (χ0n) is 15.2. The first-order valence-corrected chi connectivity index (χ1v) is 8.81. The maximum absolute atomic E-state index is 11.8. The second kappa shape index (κ2) is 9.96. The van der Waals surface area contributed by atoms with E-state index >= 15 is 0 Å². The topological polar surface area (TPSA) is 98.2 Å². The minimum Gasteiger partial charge on any atom is -0.444 e. The first kappa shape index (κ1) is 19.2. The number of aliphatic imine (C=N–C) groups is 1. The minimum absolute atomic E-state index is 0.0708. The van der Waals surface area contributed by atoms with E-state index in [1.54, 1.807) is 0 Å². The van der Waals surface area contributed by atoms with Crippen molar-refractivity contribution >= 4 is 18.2 Å². The van der Waals surface area contributed by atoms with Crippen LogP contribution in [0.15, 0.2) is 65.7 Å². The Balaban J connectivity index is 1.30. The largest absolute Gasteiger partial charge is 0.508 e. The van der Waals surface area contributed by atoms with Gasteiger partial charge in [0.2, 0.25) is 5.96 Å². The number of ether oxygens (including phenoxy) is 3. The number of hydrogen-bond donors (Lipinski definition) is 2. The van der Waals surface area contributed by atoms with E-state index in [0.29, 0.717) is 6.54 Å². The molecule has 0 radical (unpaired) electrons. The van der Waals surface area contributed by atoms with Crippen molar-refractivity contribution in [1.29, 1.82) is 0 Å². The number of alkyl carbamates (subject to hydrolysis) is 1. The van der Waals surface area contributed by atoms with E-state index in [-0.39, 0.29) is 31.8 Å². The molecule has 8 nitrogen and oxygen atoms in total. The van der Waals surface area contributed by atoms with Gasteiger partial charge in [0.05, 0.1) is 12.6 Å². The maximum Gasteiger partial charge on any atom is 0.508 e. The van der Waals surface area contributed by atoms with Crippen molar-refractivity contribution in [2.45, 2.75) is 19.3 Å². The summed E-state index contributed by atoms with van der Waals surface area (Å²) in [5.41, 5.74) is 1.77. The van der Waals surface area contributed by atoms with Crippen molar-refractivity contribution in [3.8, 4) is 0 Å². The summed E-state index contributed by atoms with van der Waals surface area (Å²) in [5.74, 6) is 0.282. The van der Waals surface area contributed by atoms with Crippen LogP contribution >= 0.6 is 0 Å². The predicted molar refractivity (Wildman–Crippen MR) is 102 cm³/mol. The normalized spacial score (nSPS) is 15.1. The van der Waals surface area contributed by atoms with Crippen LogP contribution in [0.2, 0.25) is 0 Å². The van der Waals surface area contributed by atoms with E-state index in [2.05, 4.69) is 15.6 Å². The molecule has 8 heteroatoms. The Labute approximate surface area is 162 Å². The molecular formula is C20H21N3O5. The number of guanidine groups is 1. The average molecular weight is 383 g/mol. The van der Waals surface area contributed by atoms with Gasteiger partial charge in [-0.3, -0.25) is 10.3 Å². The number of hydrogen-bond acceptors (Lipinski definition) is 7. The molecule has 0 fully saturated rings. The third-order valence-corrected chi connectivity index (χ3v) is 3.85. The molecule has 1 unspecified atom stereocenters. The second-order valence-corrected chi connectivity index (χ2v) is 6.05. The SMILES string of the molecule is O=C(NC1=NCC(COC(=O)OCc2ccccc2)N1)OCc1ccccc1. The van der Waals surface area contributed by atoms with Crippen molar-refractivity contribution in [3.63, 3.8) is 0 Å². The van der Waals surface area contributed by atoms with E-state index in [1.165, 1.54) is 0 Å². The fraction of sp³-hybridized carbons (Fsp3) is 0.250. The van der Waals surface area contributed by atoms with Gasteiger partial charge < -0.3 is 19.5 Å². The summed E-state index contributed by atoms with van der Waals surface area (Å²) >= 11 is 0. The molecule has 28 heavy (non-hydrogen) atoms. The van der Waals surface area contributed by atoms with Crippen molar-refractivity contribution in [1.82, 2.24) is 10.6 Å². The summed E-state index contributed by atoms with van der Waals surface area (Å²) in [4.78, 5) is 27.6. The number of benzene rings is 2. The third kappa shape index (κ3) is 6.31. The fourth-order valence-electron chi connectivity index (χ4n) is 2.44. The van der Waals surface area contributed by atoms with Crippen LogP contribution in [0.4, 0.5) is 9.59 Å². The van der Waals surface area contributed by atoms with E-state index < -0.39 is 12.2 Å². The van der Waals surface area contributed by atoms with Crippen molar-refractivity contribution in [3.05, 3.63) is 71.8 Å². The highest BCUT2D eigenvalue weighted by Gasteiger charge is 2.21. The number of carbonyl (C=O) groups excluding carboxylic acids is 2. The Morgan fingerprint density at radius 2 is 1.54 bits per heavy atom. The summed E-state index contributed by atoms with van der Waals surface area (Å²) in [7, 11) is 0. The van der Waals surface area contributed by atoms with Gasteiger partial charge in [0.15, 0.2) is 0 Å². The first-order chi connectivity index (χ1) is 13.7. The Kier molecular flexibility index (Phi) is 6.84. The van der Waals surface area contributed by atoms with Crippen molar-refractivity contribution in [2.75, 3.05) is 13.2 Å². The second-order valence-electron chi connectivity index (χ2n) is 6.05. The van der Waals surface area contributed by atoms with Gasteiger partial charge >= 0.3 is 12.2 Å². The van der Waals surface area contributed by atoms with Crippen LogP contribution in [0.1, 0.15) is 11.1 Å². The van der Waals surface area contributed by atoms with E-state index in [4.69, 9.17) is 14.2 Å². The van der Waals surface area contributed by atoms with E-state index in [0.717, 1.165) is 11.1 Å². The van der Waals surface area contributed by atoms with Crippen LogP contribution in [0.25, 0.3) is 0 Å². The molecule has 1 atom stereocenters. The molecule has 0 saturated carbocycles. The van der Waals surface area contributed by atoms with Crippen LogP contribution < -0.4 is 10.6 Å². The molecular weight excluding hydrogens is 362 g/mol. The molecule has 0 aromatic heterocycles. The molecule has 0 saturated heterocycles. The molecule has 0 aliphatic carbocycles. The molecule has 1 heterocycles. The third-order valence-electron chi connectivity index (χ3n) is 3.85.